The lowest BCUT2D eigenvalue weighted by Gasteiger charge is -2.24. The maximum Gasteiger partial charge on any atom is 0.225 e. The molecule has 1 amide bonds. The van der Waals surface area contributed by atoms with Crippen LogP contribution in [-0.2, 0) is 4.79 Å². The Morgan fingerprint density at radius 3 is 2.94 bits per heavy atom. The smallest absolute Gasteiger partial charge is 0.225 e. The van der Waals surface area contributed by atoms with E-state index in [4.69, 9.17) is 0 Å². The fourth-order valence-corrected chi connectivity index (χ4v) is 2.63. The highest BCUT2D eigenvalue weighted by Crippen LogP contribution is 2.35. The summed E-state index contributed by atoms with van der Waals surface area (Å²) < 4.78 is 0. The maximum absolute atomic E-state index is 11.6. The molecule has 0 bridgehead atoms. The highest BCUT2D eigenvalue weighted by Gasteiger charge is 2.29. The van der Waals surface area contributed by atoms with E-state index in [2.05, 4.69) is 11.4 Å². The van der Waals surface area contributed by atoms with Crippen LogP contribution in [0.15, 0.2) is 34.9 Å². The summed E-state index contributed by atoms with van der Waals surface area (Å²) in [6.07, 6.45) is 2.05. The molecule has 92 valence electrons. The average Bonchev–Trinajstić information content (AvgIpc) is 2.37. The highest BCUT2D eigenvalue weighted by molar-refractivity contribution is 8.02. The van der Waals surface area contributed by atoms with Crippen molar-refractivity contribution in [2.45, 2.75) is 12.3 Å². The first-order chi connectivity index (χ1) is 8.65. The Kier molecular flexibility index (Phi) is 3.58. The van der Waals surface area contributed by atoms with Gasteiger partial charge in [0.05, 0.1) is 16.7 Å². The molecule has 0 spiro atoms. The van der Waals surface area contributed by atoms with Gasteiger partial charge in [0.2, 0.25) is 5.91 Å². The summed E-state index contributed by atoms with van der Waals surface area (Å²) in [5.41, 5.74) is 1.33. The fourth-order valence-electron chi connectivity index (χ4n) is 2.01. The topological polar surface area (TPSA) is 73.1 Å². The van der Waals surface area contributed by atoms with E-state index >= 15 is 0 Å². The van der Waals surface area contributed by atoms with Gasteiger partial charge in [0.25, 0.3) is 0 Å². The molecule has 5 heteroatoms. The second-order valence-corrected chi connectivity index (χ2v) is 4.78. The predicted octanol–water partition coefficient (Wildman–Crippen LogP) is 2.09. The van der Waals surface area contributed by atoms with Crippen molar-refractivity contribution in [1.82, 2.24) is 5.32 Å². The second kappa shape index (κ2) is 5.15. The SMILES string of the molecule is CSC1=C(C#N)[C@@H](c2cccc(O)c2)CC(=O)N1. The number of nitriles is 1. The van der Waals surface area contributed by atoms with Gasteiger partial charge in [-0.2, -0.15) is 5.26 Å². The molecular formula is C13H12N2O2S. The van der Waals surface area contributed by atoms with Gasteiger partial charge in [-0.15, -0.1) is 11.8 Å². The van der Waals surface area contributed by atoms with Gasteiger partial charge in [-0.05, 0) is 24.0 Å². The molecule has 0 aromatic heterocycles. The average molecular weight is 260 g/mol. The number of nitrogens with zero attached hydrogens (tertiary/aromatic N) is 1. The molecule has 1 atom stereocenters. The van der Waals surface area contributed by atoms with Gasteiger partial charge in [-0.1, -0.05) is 12.1 Å². The van der Waals surface area contributed by atoms with E-state index in [1.54, 1.807) is 18.2 Å². The molecule has 0 unspecified atom stereocenters. The van der Waals surface area contributed by atoms with Crippen molar-refractivity contribution in [3.8, 4) is 11.8 Å². The first kappa shape index (κ1) is 12.5. The van der Waals surface area contributed by atoms with E-state index in [0.717, 1.165) is 5.56 Å². The van der Waals surface area contributed by atoms with Crippen molar-refractivity contribution in [3.05, 3.63) is 40.4 Å². The third-order valence-corrected chi connectivity index (χ3v) is 3.56. The number of amides is 1. The zero-order chi connectivity index (χ0) is 13.1. The van der Waals surface area contributed by atoms with Crippen LogP contribution in [0.1, 0.15) is 17.9 Å². The van der Waals surface area contributed by atoms with Crippen molar-refractivity contribution in [1.29, 1.82) is 5.26 Å². The van der Waals surface area contributed by atoms with E-state index in [1.807, 2.05) is 12.3 Å². The van der Waals surface area contributed by atoms with Gasteiger partial charge in [-0.3, -0.25) is 4.79 Å². The zero-order valence-corrected chi connectivity index (χ0v) is 10.6. The van der Waals surface area contributed by atoms with Gasteiger partial charge in [0, 0.05) is 12.3 Å². The zero-order valence-electron chi connectivity index (χ0n) is 9.80. The minimum absolute atomic E-state index is 0.105. The number of nitrogens with one attached hydrogen (secondary N) is 1. The number of thioether (sulfide) groups is 1. The van der Waals surface area contributed by atoms with Crippen LogP contribution < -0.4 is 5.32 Å². The van der Waals surface area contributed by atoms with Crippen LogP contribution in [0.5, 0.6) is 5.75 Å². The van der Waals surface area contributed by atoms with Gasteiger partial charge >= 0.3 is 0 Å². The number of allylic oxidation sites excluding steroid dienone is 1. The van der Waals surface area contributed by atoms with Crippen molar-refractivity contribution in [2.24, 2.45) is 0 Å². The van der Waals surface area contributed by atoms with Crippen molar-refractivity contribution < 1.29 is 9.90 Å². The van der Waals surface area contributed by atoms with E-state index in [9.17, 15) is 15.2 Å². The first-order valence-corrected chi connectivity index (χ1v) is 6.65. The lowest BCUT2D eigenvalue weighted by atomic mass is 9.87. The number of phenols is 1. The molecule has 0 saturated carbocycles. The number of hydrogen-bond donors (Lipinski definition) is 2. The van der Waals surface area contributed by atoms with E-state index in [1.165, 1.54) is 11.8 Å². The normalized spacial score (nSPS) is 19.3. The molecular weight excluding hydrogens is 248 g/mol. The third-order valence-electron chi connectivity index (χ3n) is 2.83. The maximum atomic E-state index is 11.6. The Morgan fingerprint density at radius 2 is 2.33 bits per heavy atom. The number of rotatable bonds is 2. The minimum Gasteiger partial charge on any atom is -0.508 e. The summed E-state index contributed by atoms with van der Waals surface area (Å²) >= 11 is 1.35. The number of benzene rings is 1. The quantitative estimate of drug-likeness (QED) is 0.854. The molecule has 1 heterocycles. The molecule has 2 rings (SSSR count). The third kappa shape index (κ3) is 2.34. The lowest BCUT2D eigenvalue weighted by Crippen LogP contribution is -2.30. The van der Waals surface area contributed by atoms with Crippen molar-refractivity contribution in [2.75, 3.05) is 6.26 Å². The summed E-state index contributed by atoms with van der Waals surface area (Å²) in [4.78, 5) is 11.6. The monoisotopic (exact) mass is 260 g/mol. The van der Waals surface area contributed by atoms with Crippen molar-refractivity contribution >= 4 is 17.7 Å². The number of carbonyl (C=O) groups is 1. The predicted molar refractivity (Wildman–Crippen MR) is 69.8 cm³/mol. The largest absolute Gasteiger partial charge is 0.508 e. The van der Waals surface area contributed by atoms with Gasteiger partial charge < -0.3 is 10.4 Å². The Balaban J connectivity index is 2.48. The van der Waals surface area contributed by atoms with Crippen molar-refractivity contribution in [3.63, 3.8) is 0 Å². The molecule has 4 nitrogen and oxygen atoms in total. The van der Waals surface area contributed by atoms with Gasteiger partial charge in [0.1, 0.15) is 5.75 Å². The highest BCUT2D eigenvalue weighted by atomic mass is 32.2. The number of phenolic OH excluding ortho intramolecular Hbond substituents is 1. The molecule has 1 aromatic carbocycles. The molecule has 0 radical (unpaired) electrons. The molecule has 1 aliphatic rings. The second-order valence-electron chi connectivity index (χ2n) is 3.96. The Labute approximate surface area is 109 Å². The van der Waals surface area contributed by atoms with Gasteiger partial charge in [0.15, 0.2) is 0 Å². The van der Waals surface area contributed by atoms with Gasteiger partial charge in [-0.25, -0.2) is 0 Å². The fraction of sp³-hybridized carbons (Fsp3) is 0.231. The van der Waals surface area contributed by atoms with E-state index in [0.29, 0.717) is 10.6 Å². The molecule has 18 heavy (non-hydrogen) atoms. The molecule has 1 aliphatic heterocycles. The summed E-state index contributed by atoms with van der Waals surface area (Å²) in [5.74, 6) is -0.244. The van der Waals surface area contributed by atoms with Crippen LogP contribution in [0.2, 0.25) is 0 Å². The van der Waals surface area contributed by atoms with E-state index < -0.39 is 0 Å². The summed E-state index contributed by atoms with van der Waals surface area (Å²) in [6.45, 7) is 0. The summed E-state index contributed by atoms with van der Waals surface area (Å²) in [6, 6.07) is 8.85. The van der Waals surface area contributed by atoms with Crippen LogP contribution in [0.4, 0.5) is 0 Å². The Bertz CT molecular complexity index is 560. The molecule has 0 fully saturated rings. The van der Waals surface area contributed by atoms with E-state index in [-0.39, 0.29) is 24.0 Å². The number of hydrogen-bond acceptors (Lipinski definition) is 4. The van der Waals surface area contributed by atoms with Crippen LogP contribution in [0, 0.1) is 11.3 Å². The molecule has 0 aliphatic carbocycles. The Hall–Kier alpha value is -1.93. The molecule has 2 N–H and O–H groups in total. The molecule has 1 aromatic rings. The first-order valence-electron chi connectivity index (χ1n) is 5.42. The van der Waals surface area contributed by atoms with Crippen LogP contribution in [0.3, 0.4) is 0 Å². The summed E-state index contributed by atoms with van der Waals surface area (Å²) in [7, 11) is 0. The van der Waals surface area contributed by atoms with Crippen LogP contribution in [-0.4, -0.2) is 17.3 Å². The lowest BCUT2D eigenvalue weighted by molar-refractivity contribution is -0.120. The molecule has 0 saturated heterocycles. The summed E-state index contributed by atoms with van der Waals surface area (Å²) in [5, 5.41) is 22.0. The Morgan fingerprint density at radius 1 is 1.56 bits per heavy atom. The minimum atomic E-state index is -0.279. The van der Waals surface area contributed by atoms with Crippen LogP contribution in [0.25, 0.3) is 0 Å². The van der Waals surface area contributed by atoms with Crippen LogP contribution >= 0.6 is 11.8 Å². The standard InChI is InChI=1S/C13H12N2O2S/c1-18-13-11(7-14)10(6-12(17)15-13)8-3-2-4-9(16)5-8/h2-5,10,16H,6H2,1H3,(H,15,17)/t10-/m1/s1. The number of carbonyl (C=O) groups excluding carboxylic acids is 1. The number of aromatic hydroxyl groups is 1.